The van der Waals surface area contributed by atoms with Crippen LogP contribution in [0.4, 0.5) is 5.13 Å². The van der Waals surface area contributed by atoms with Crippen LogP contribution in [-0.4, -0.2) is 43.4 Å². The average Bonchev–Trinajstić information content (AvgIpc) is 3.57. The van der Waals surface area contributed by atoms with Gasteiger partial charge in [0.05, 0.1) is 21.4 Å². The molecular formula is C25H24N6O3S2. The van der Waals surface area contributed by atoms with Crippen LogP contribution in [0.2, 0.25) is 0 Å². The van der Waals surface area contributed by atoms with Crippen molar-refractivity contribution in [3.63, 3.8) is 0 Å². The molecular weight excluding hydrogens is 496 g/mol. The van der Waals surface area contributed by atoms with Crippen molar-refractivity contribution in [2.75, 3.05) is 12.3 Å². The highest BCUT2D eigenvalue weighted by molar-refractivity contribution is 7.22. The van der Waals surface area contributed by atoms with Crippen molar-refractivity contribution in [3.8, 4) is 11.3 Å². The predicted octanol–water partition coefficient (Wildman–Crippen LogP) is 3.69. The minimum atomic E-state index is -1.07. The summed E-state index contributed by atoms with van der Waals surface area (Å²) >= 11 is 2.89. The van der Waals surface area contributed by atoms with E-state index in [0.29, 0.717) is 34.3 Å². The van der Waals surface area contributed by atoms with Crippen LogP contribution in [0.15, 0.2) is 53.4 Å². The Bertz CT molecular complexity index is 1580. The SMILES string of the molecule is CC(C)(O)CNC(=O)c1c(-c2ccsc2)nc2c(C(=O)NCc3ccc4nc(N)sc4c3)cccn12. The fourth-order valence-corrected chi connectivity index (χ4v) is 5.26. The number of hydrogen-bond donors (Lipinski definition) is 4. The molecule has 0 saturated heterocycles. The van der Waals surface area contributed by atoms with Gasteiger partial charge in [-0.3, -0.25) is 14.0 Å². The molecule has 0 atom stereocenters. The molecule has 1 aromatic carbocycles. The molecule has 4 aromatic heterocycles. The van der Waals surface area contributed by atoms with Crippen molar-refractivity contribution in [1.29, 1.82) is 0 Å². The van der Waals surface area contributed by atoms with Gasteiger partial charge >= 0.3 is 0 Å². The summed E-state index contributed by atoms with van der Waals surface area (Å²) < 4.78 is 2.57. The third kappa shape index (κ3) is 4.81. The van der Waals surface area contributed by atoms with E-state index in [1.807, 2.05) is 35.0 Å². The summed E-state index contributed by atoms with van der Waals surface area (Å²) in [6, 6.07) is 11.0. The number of thiazole rings is 1. The van der Waals surface area contributed by atoms with Crippen LogP contribution in [0.25, 0.3) is 27.1 Å². The molecule has 184 valence electrons. The number of aliphatic hydroxyl groups is 1. The first-order valence-corrected chi connectivity index (χ1v) is 12.9. The summed E-state index contributed by atoms with van der Waals surface area (Å²) in [6.07, 6.45) is 1.70. The Morgan fingerprint density at radius 2 is 1.97 bits per heavy atom. The molecule has 11 heteroatoms. The number of amides is 2. The van der Waals surface area contributed by atoms with Gasteiger partial charge in [-0.05, 0) is 55.1 Å². The van der Waals surface area contributed by atoms with Crippen LogP contribution in [0.5, 0.6) is 0 Å². The molecule has 5 N–H and O–H groups in total. The number of carbonyl (C=O) groups excluding carboxylic acids is 2. The van der Waals surface area contributed by atoms with Crippen molar-refractivity contribution < 1.29 is 14.7 Å². The molecule has 0 bridgehead atoms. The Balaban J connectivity index is 1.47. The number of aromatic nitrogens is 3. The lowest BCUT2D eigenvalue weighted by Crippen LogP contribution is -2.38. The fraction of sp³-hybridized carbons (Fsp3) is 0.200. The van der Waals surface area contributed by atoms with E-state index in [1.54, 1.807) is 36.6 Å². The molecule has 5 aromatic rings. The third-order valence-corrected chi connectivity index (χ3v) is 7.04. The summed E-state index contributed by atoms with van der Waals surface area (Å²) in [5, 5.41) is 20.1. The summed E-state index contributed by atoms with van der Waals surface area (Å²) in [4.78, 5) is 35.4. The second-order valence-corrected chi connectivity index (χ2v) is 10.8. The monoisotopic (exact) mass is 520 g/mol. The molecule has 0 saturated carbocycles. The topological polar surface area (TPSA) is 135 Å². The van der Waals surface area contributed by atoms with Crippen molar-refractivity contribution in [2.45, 2.75) is 26.0 Å². The number of hydrogen-bond acceptors (Lipinski definition) is 8. The van der Waals surface area contributed by atoms with Crippen LogP contribution in [0, 0.1) is 0 Å². The van der Waals surface area contributed by atoms with Gasteiger partial charge in [0.15, 0.2) is 10.8 Å². The summed E-state index contributed by atoms with van der Waals surface area (Å²) in [5.41, 5.74) is 8.73. The van der Waals surface area contributed by atoms with E-state index in [9.17, 15) is 14.7 Å². The number of nitrogens with zero attached hydrogens (tertiary/aromatic N) is 3. The maximum Gasteiger partial charge on any atom is 0.270 e. The maximum absolute atomic E-state index is 13.2. The molecule has 0 radical (unpaired) electrons. The number of imidazole rings is 1. The first-order valence-electron chi connectivity index (χ1n) is 11.2. The maximum atomic E-state index is 13.2. The first-order chi connectivity index (χ1) is 17.2. The fourth-order valence-electron chi connectivity index (χ4n) is 3.82. The number of nitrogens with two attached hydrogens (primary N) is 1. The molecule has 0 fully saturated rings. The van der Waals surface area contributed by atoms with Gasteiger partial charge in [-0.2, -0.15) is 11.3 Å². The van der Waals surface area contributed by atoms with Crippen molar-refractivity contribution >= 4 is 55.5 Å². The Labute approximate surface area is 214 Å². The molecule has 0 aliphatic carbocycles. The van der Waals surface area contributed by atoms with Gasteiger partial charge in [-0.1, -0.05) is 17.4 Å². The average molecular weight is 521 g/mol. The van der Waals surface area contributed by atoms with Gasteiger partial charge < -0.3 is 21.5 Å². The molecule has 0 aliphatic heterocycles. The minimum Gasteiger partial charge on any atom is -0.389 e. The van der Waals surface area contributed by atoms with Crippen molar-refractivity contribution in [1.82, 2.24) is 25.0 Å². The number of nitrogen functional groups attached to an aromatic ring is 1. The first kappa shape index (κ1) is 23.9. The molecule has 36 heavy (non-hydrogen) atoms. The standard InChI is InChI=1S/C25H24N6O3S2/c1-25(2,34)13-28-23(33)20-19(15-7-9-35-12-15)30-21-16(4-3-8-31(20)21)22(32)27-11-14-5-6-17-18(10-14)36-24(26)29-17/h3-10,12,34H,11,13H2,1-2H3,(H2,26,29)(H,27,32)(H,28,33). The number of pyridine rings is 1. The number of benzene rings is 1. The molecule has 0 unspecified atom stereocenters. The molecule has 2 amide bonds. The zero-order chi connectivity index (χ0) is 25.4. The third-order valence-electron chi connectivity index (χ3n) is 5.51. The van der Waals surface area contributed by atoms with Crippen molar-refractivity contribution in [2.24, 2.45) is 0 Å². The van der Waals surface area contributed by atoms with Gasteiger partial charge in [-0.15, -0.1) is 0 Å². The molecule has 5 rings (SSSR count). The van der Waals surface area contributed by atoms with E-state index in [2.05, 4.69) is 15.6 Å². The minimum absolute atomic E-state index is 0.0675. The van der Waals surface area contributed by atoms with Gasteiger partial charge in [0.2, 0.25) is 0 Å². The highest BCUT2D eigenvalue weighted by atomic mass is 32.1. The largest absolute Gasteiger partial charge is 0.389 e. The van der Waals surface area contributed by atoms with Gasteiger partial charge in [0.25, 0.3) is 11.8 Å². The number of nitrogens with one attached hydrogen (secondary N) is 2. The lowest BCUT2D eigenvalue weighted by molar-refractivity contribution is 0.0692. The van der Waals surface area contributed by atoms with Crippen molar-refractivity contribution in [3.05, 3.63) is 70.2 Å². The smallest absolute Gasteiger partial charge is 0.270 e. The van der Waals surface area contributed by atoms with Gasteiger partial charge in [0.1, 0.15) is 11.4 Å². The van der Waals surface area contributed by atoms with E-state index in [4.69, 9.17) is 10.7 Å². The zero-order valence-electron chi connectivity index (χ0n) is 19.6. The predicted molar refractivity (Wildman–Crippen MR) is 142 cm³/mol. The summed E-state index contributed by atoms with van der Waals surface area (Å²) in [5.74, 6) is -0.699. The molecule has 0 spiro atoms. The lowest BCUT2D eigenvalue weighted by atomic mass is 10.1. The van der Waals surface area contributed by atoms with E-state index in [1.165, 1.54) is 22.7 Å². The number of thiophene rings is 1. The Morgan fingerprint density at radius 3 is 2.72 bits per heavy atom. The second-order valence-electron chi connectivity index (χ2n) is 8.97. The normalized spacial score (nSPS) is 11.8. The number of rotatable bonds is 7. The van der Waals surface area contributed by atoms with Crippen LogP contribution >= 0.6 is 22.7 Å². The highest BCUT2D eigenvalue weighted by Crippen LogP contribution is 2.28. The molecule has 9 nitrogen and oxygen atoms in total. The van der Waals surface area contributed by atoms with E-state index in [-0.39, 0.29) is 18.4 Å². The van der Waals surface area contributed by atoms with Crippen LogP contribution < -0.4 is 16.4 Å². The highest BCUT2D eigenvalue weighted by Gasteiger charge is 2.25. The van der Waals surface area contributed by atoms with Gasteiger partial charge in [-0.25, -0.2) is 9.97 Å². The number of fused-ring (bicyclic) bond motifs is 2. The summed E-state index contributed by atoms with van der Waals surface area (Å²) in [6.45, 7) is 3.61. The van der Waals surface area contributed by atoms with E-state index < -0.39 is 5.60 Å². The Hall–Kier alpha value is -3.80. The summed E-state index contributed by atoms with van der Waals surface area (Å²) in [7, 11) is 0. The quantitative estimate of drug-likeness (QED) is 0.259. The molecule has 0 aliphatic rings. The zero-order valence-corrected chi connectivity index (χ0v) is 21.2. The number of anilines is 1. The van der Waals surface area contributed by atoms with Crippen LogP contribution in [-0.2, 0) is 6.54 Å². The Kier molecular flexibility index (Phi) is 6.20. The van der Waals surface area contributed by atoms with Crippen LogP contribution in [0.3, 0.4) is 0 Å². The van der Waals surface area contributed by atoms with Gasteiger partial charge in [0, 0.05) is 30.2 Å². The molecule has 4 heterocycles. The number of carbonyl (C=O) groups is 2. The van der Waals surface area contributed by atoms with E-state index >= 15 is 0 Å². The lowest BCUT2D eigenvalue weighted by Gasteiger charge is -2.17. The van der Waals surface area contributed by atoms with E-state index in [0.717, 1.165) is 21.3 Å². The van der Waals surface area contributed by atoms with Crippen LogP contribution in [0.1, 0.15) is 40.3 Å². The second kappa shape index (κ2) is 9.34. The Morgan fingerprint density at radius 1 is 1.14 bits per heavy atom.